The van der Waals surface area contributed by atoms with E-state index in [1.807, 2.05) is 0 Å². The van der Waals surface area contributed by atoms with Crippen LogP contribution in [-0.4, -0.2) is 41.7 Å². The number of carbonyl (C=O) groups is 1. The molecule has 1 atom stereocenters. The number of hydrogen-bond acceptors (Lipinski definition) is 3. The summed E-state index contributed by atoms with van der Waals surface area (Å²) in [5, 5.41) is 9.72. The van der Waals surface area contributed by atoms with Crippen molar-refractivity contribution in [2.24, 2.45) is 5.73 Å². The molecule has 0 aromatic heterocycles. The lowest BCUT2D eigenvalue weighted by atomic mass is 10.1. The molecule has 2 rings (SSSR count). The van der Waals surface area contributed by atoms with Gasteiger partial charge >= 0.3 is 0 Å². The maximum absolute atomic E-state index is 12.4. The van der Waals surface area contributed by atoms with Crippen LogP contribution in [-0.2, 0) is 0 Å². The standard InChI is InChI=1S/C15H17ClN2O2/c16-14-9-12(6-5-11(14)3-1-7-17)15(20)18-8-2-4-13(18)10-19/h5-6,9,13,19H,2,4,7-8,10,17H2. The monoisotopic (exact) mass is 292 g/mol. The molecular weight excluding hydrogens is 276 g/mol. The number of nitrogens with two attached hydrogens (primary N) is 1. The third-order valence-corrected chi connectivity index (χ3v) is 3.70. The first kappa shape index (κ1) is 14.9. The van der Waals surface area contributed by atoms with E-state index in [9.17, 15) is 9.90 Å². The van der Waals surface area contributed by atoms with Crippen molar-refractivity contribution in [1.29, 1.82) is 0 Å². The minimum atomic E-state index is -0.0956. The second-order valence-electron chi connectivity index (χ2n) is 4.68. The number of benzene rings is 1. The second-order valence-corrected chi connectivity index (χ2v) is 5.08. The zero-order valence-corrected chi connectivity index (χ0v) is 11.9. The lowest BCUT2D eigenvalue weighted by Gasteiger charge is -2.23. The van der Waals surface area contributed by atoms with Crippen molar-refractivity contribution in [3.63, 3.8) is 0 Å². The van der Waals surface area contributed by atoms with Gasteiger partial charge in [0.15, 0.2) is 0 Å². The van der Waals surface area contributed by atoms with E-state index < -0.39 is 0 Å². The molecule has 1 amide bonds. The summed E-state index contributed by atoms with van der Waals surface area (Å²) in [6.07, 6.45) is 1.76. The van der Waals surface area contributed by atoms with Gasteiger partial charge in [0.05, 0.1) is 24.2 Å². The van der Waals surface area contributed by atoms with Gasteiger partial charge in [0, 0.05) is 17.7 Å². The van der Waals surface area contributed by atoms with Crippen molar-refractivity contribution in [2.75, 3.05) is 19.7 Å². The molecule has 1 aliphatic rings. The number of amides is 1. The lowest BCUT2D eigenvalue weighted by molar-refractivity contribution is 0.0677. The molecule has 0 radical (unpaired) electrons. The molecule has 1 saturated heterocycles. The van der Waals surface area contributed by atoms with Gasteiger partial charge in [0.1, 0.15) is 0 Å². The smallest absolute Gasteiger partial charge is 0.254 e. The van der Waals surface area contributed by atoms with Gasteiger partial charge in [-0.1, -0.05) is 23.4 Å². The van der Waals surface area contributed by atoms with Crippen LogP contribution in [0.5, 0.6) is 0 Å². The molecule has 1 fully saturated rings. The Morgan fingerprint density at radius 3 is 3.00 bits per heavy atom. The predicted molar refractivity (Wildman–Crippen MR) is 78.5 cm³/mol. The number of rotatable bonds is 2. The topological polar surface area (TPSA) is 66.6 Å². The van der Waals surface area contributed by atoms with Gasteiger partial charge < -0.3 is 15.7 Å². The molecule has 1 heterocycles. The number of likely N-dealkylation sites (tertiary alicyclic amines) is 1. The Bertz CT molecular complexity index is 563. The zero-order chi connectivity index (χ0) is 14.5. The van der Waals surface area contributed by atoms with Crippen LogP contribution in [0.1, 0.15) is 28.8 Å². The molecule has 1 aliphatic heterocycles. The van der Waals surface area contributed by atoms with Crippen molar-refractivity contribution in [3.05, 3.63) is 34.3 Å². The SMILES string of the molecule is NCC#Cc1ccc(C(=O)N2CCCC2CO)cc1Cl. The molecule has 106 valence electrons. The van der Waals surface area contributed by atoms with Crippen molar-refractivity contribution in [3.8, 4) is 11.8 Å². The summed E-state index contributed by atoms with van der Waals surface area (Å²) in [6.45, 7) is 0.943. The number of carbonyl (C=O) groups excluding carboxylic acids is 1. The molecular formula is C15H17ClN2O2. The van der Waals surface area contributed by atoms with Gasteiger partial charge in [-0.05, 0) is 31.0 Å². The molecule has 1 aromatic rings. The maximum atomic E-state index is 12.4. The third-order valence-electron chi connectivity index (χ3n) is 3.39. The molecule has 4 nitrogen and oxygen atoms in total. The first-order valence-electron chi connectivity index (χ1n) is 6.57. The van der Waals surface area contributed by atoms with Gasteiger partial charge in [-0.2, -0.15) is 0 Å². The summed E-state index contributed by atoms with van der Waals surface area (Å²) in [6, 6.07) is 4.97. The molecule has 0 saturated carbocycles. The van der Waals surface area contributed by atoms with Crippen LogP contribution in [0.4, 0.5) is 0 Å². The van der Waals surface area contributed by atoms with E-state index in [0.29, 0.717) is 22.7 Å². The van der Waals surface area contributed by atoms with Crippen LogP contribution < -0.4 is 5.73 Å². The van der Waals surface area contributed by atoms with E-state index in [4.69, 9.17) is 17.3 Å². The van der Waals surface area contributed by atoms with Crippen LogP contribution in [0.2, 0.25) is 5.02 Å². The lowest BCUT2D eigenvalue weighted by Crippen LogP contribution is -2.37. The Balaban J connectivity index is 2.21. The number of nitrogens with zero attached hydrogens (tertiary/aromatic N) is 1. The van der Waals surface area contributed by atoms with E-state index in [1.54, 1.807) is 23.1 Å². The fraction of sp³-hybridized carbons (Fsp3) is 0.400. The number of aliphatic hydroxyl groups excluding tert-OH is 1. The number of halogens is 1. The van der Waals surface area contributed by atoms with Gasteiger partial charge in [0.2, 0.25) is 0 Å². The zero-order valence-electron chi connectivity index (χ0n) is 11.1. The molecule has 1 unspecified atom stereocenters. The van der Waals surface area contributed by atoms with Crippen molar-refractivity contribution >= 4 is 17.5 Å². The first-order chi connectivity index (χ1) is 9.67. The predicted octanol–water partition coefficient (Wildman–Crippen LogP) is 1.25. The molecule has 0 aliphatic carbocycles. The summed E-state index contributed by atoms with van der Waals surface area (Å²) in [5.74, 6) is 5.49. The Labute approximate surface area is 123 Å². The van der Waals surface area contributed by atoms with Crippen molar-refractivity contribution in [1.82, 2.24) is 4.90 Å². The third kappa shape index (κ3) is 3.13. The van der Waals surface area contributed by atoms with Crippen LogP contribution in [0, 0.1) is 11.8 Å². The van der Waals surface area contributed by atoms with Crippen molar-refractivity contribution < 1.29 is 9.90 Å². The summed E-state index contributed by atoms with van der Waals surface area (Å²) in [4.78, 5) is 14.1. The second kappa shape index (κ2) is 6.76. The number of hydrogen-bond donors (Lipinski definition) is 2. The highest BCUT2D eigenvalue weighted by molar-refractivity contribution is 6.32. The summed E-state index contributed by atoms with van der Waals surface area (Å²) in [7, 11) is 0. The van der Waals surface area contributed by atoms with E-state index in [1.165, 1.54) is 0 Å². The summed E-state index contributed by atoms with van der Waals surface area (Å²) in [5.41, 5.74) is 6.50. The maximum Gasteiger partial charge on any atom is 0.254 e. The minimum Gasteiger partial charge on any atom is -0.394 e. The fourth-order valence-electron chi connectivity index (χ4n) is 2.35. The van der Waals surface area contributed by atoms with Gasteiger partial charge in [-0.15, -0.1) is 0 Å². The van der Waals surface area contributed by atoms with Crippen molar-refractivity contribution in [2.45, 2.75) is 18.9 Å². The van der Waals surface area contributed by atoms with Gasteiger partial charge in [-0.25, -0.2) is 0 Å². The summed E-state index contributed by atoms with van der Waals surface area (Å²) >= 11 is 6.12. The highest BCUT2D eigenvalue weighted by Crippen LogP contribution is 2.22. The average Bonchev–Trinajstić information content (AvgIpc) is 2.93. The van der Waals surface area contributed by atoms with Crippen LogP contribution in [0.25, 0.3) is 0 Å². The summed E-state index contributed by atoms with van der Waals surface area (Å²) < 4.78 is 0. The molecule has 0 bridgehead atoms. The average molecular weight is 293 g/mol. The molecule has 0 spiro atoms. The fourth-order valence-corrected chi connectivity index (χ4v) is 2.58. The quantitative estimate of drug-likeness (QED) is 0.806. The largest absolute Gasteiger partial charge is 0.394 e. The van der Waals surface area contributed by atoms with Gasteiger partial charge in [-0.3, -0.25) is 4.79 Å². The van der Waals surface area contributed by atoms with Crippen LogP contribution in [0.15, 0.2) is 18.2 Å². The van der Waals surface area contributed by atoms with E-state index >= 15 is 0 Å². The molecule has 5 heteroatoms. The first-order valence-corrected chi connectivity index (χ1v) is 6.95. The van der Waals surface area contributed by atoms with E-state index in [-0.39, 0.29) is 25.1 Å². The Kier molecular flexibility index (Phi) is 5.02. The normalized spacial score (nSPS) is 17.8. The number of aliphatic hydroxyl groups is 1. The molecule has 3 N–H and O–H groups in total. The van der Waals surface area contributed by atoms with E-state index in [2.05, 4.69) is 11.8 Å². The highest BCUT2D eigenvalue weighted by Gasteiger charge is 2.28. The molecule has 20 heavy (non-hydrogen) atoms. The van der Waals surface area contributed by atoms with Gasteiger partial charge in [0.25, 0.3) is 5.91 Å². The van der Waals surface area contributed by atoms with Crippen LogP contribution >= 0.6 is 11.6 Å². The highest BCUT2D eigenvalue weighted by atomic mass is 35.5. The Morgan fingerprint density at radius 2 is 2.35 bits per heavy atom. The van der Waals surface area contributed by atoms with E-state index in [0.717, 1.165) is 12.8 Å². The van der Waals surface area contributed by atoms with Crippen LogP contribution in [0.3, 0.4) is 0 Å². The minimum absolute atomic E-state index is 0.000465. The Morgan fingerprint density at radius 1 is 1.55 bits per heavy atom. The Hall–Kier alpha value is -1.54. The molecule has 1 aromatic carbocycles.